The molecule has 1 saturated heterocycles. The quantitative estimate of drug-likeness (QED) is 0.568. The van der Waals surface area contributed by atoms with E-state index in [1.807, 2.05) is 18.7 Å². The summed E-state index contributed by atoms with van der Waals surface area (Å²) in [6, 6.07) is 9.24. The van der Waals surface area contributed by atoms with E-state index in [0.717, 1.165) is 13.1 Å². The first kappa shape index (κ1) is 23.5. The fourth-order valence-corrected chi connectivity index (χ4v) is 3.17. The van der Waals surface area contributed by atoms with Crippen molar-refractivity contribution in [1.29, 1.82) is 0 Å². The van der Waals surface area contributed by atoms with Crippen LogP contribution in [0.1, 0.15) is 26.3 Å². The molecule has 0 saturated carbocycles. The van der Waals surface area contributed by atoms with Gasteiger partial charge in [0.05, 0.1) is 31.3 Å². The van der Waals surface area contributed by atoms with E-state index >= 15 is 0 Å². The number of anilines is 3. The standard InChI is InChI=1S/C21H20F3N5O.C2H6/c1-21(23,24)16-4-2-14(3-5-16)15-10-19(28-26-12-15)27-18-11-20(25-13-17(18)22)29-6-8-30-9-7-29;1-2/h2-5,10-13H,6-9H2,1H3,(H,25,27,28);1-2H3. The van der Waals surface area contributed by atoms with Gasteiger partial charge in [0.2, 0.25) is 0 Å². The predicted molar refractivity (Wildman–Crippen MR) is 119 cm³/mol. The highest BCUT2D eigenvalue weighted by Gasteiger charge is 2.23. The van der Waals surface area contributed by atoms with Crippen LogP contribution in [-0.2, 0) is 10.7 Å². The number of morpholine rings is 1. The molecular weight excluding hydrogens is 419 g/mol. The van der Waals surface area contributed by atoms with Gasteiger partial charge in [0.1, 0.15) is 5.82 Å². The first-order valence-corrected chi connectivity index (χ1v) is 10.5. The van der Waals surface area contributed by atoms with Crippen LogP contribution in [0.5, 0.6) is 0 Å². The van der Waals surface area contributed by atoms with Crippen LogP contribution in [0.4, 0.5) is 30.5 Å². The van der Waals surface area contributed by atoms with Crippen LogP contribution in [0.3, 0.4) is 0 Å². The summed E-state index contributed by atoms with van der Waals surface area (Å²) >= 11 is 0. The summed E-state index contributed by atoms with van der Waals surface area (Å²) in [7, 11) is 0. The molecule has 0 aliphatic carbocycles. The van der Waals surface area contributed by atoms with Crippen LogP contribution in [0.15, 0.2) is 48.8 Å². The van der Waals surface area contributed by atoms with Crippen LogP contribution in [0.2, 0.25) is 0 Å². The van der Waals surface area contributed by atoms with Gasteiger partial charge in [0.15, 0.2) is 11.6 Å². The van der Waals surface area contributed by atoms with Gasteiger partial charge in [-0.2, -0.15) is 5.10 Å². The molecule has 3 aromatic rings. The van der Waals surface area contributed by atoms with Crippen LogP contribution in [0, 0.1) is 5.82 Å². The van der Waals surface area contributed by atoms with Gasteiger partial charge in [-0.05, 0) is 11.6 Å². The molecule has 0 radical (unpaired) electrons. The van der Waals surface area contributed by atoms with Crippen LogP contribution < -0.4 is 10.2 Å². The zero-order valence-electron chi connectivity index (χ0n) is 18.3. The number of nitrogens with one attached hydrogen (secondary N) is 1. The molecule has 3 heterocycles. The Kier molecular flexibility index (Phi) is 7.63. The number of ether oxygens (including phenoxy) is 1. The maximum absolute atomic E-state index is 14.3. The Morgan fingerprint density at radius 3 is 2.34 bits per heavy atom. The van der Waals surface area contributed by atoms with Crippen LogP contribution >= 0.6 is 0 Å². The topological polar surface area (TPSA) is 63.2 Å². The molecule has 32 heavy (non-hydrogen) atoms. The highest BCUT2D eigenvalue weighted by molar-refractivity contribution is 5.69. The van der Waals surface area contributed by atoms with E-state index in [-0.39, 0.29) is 11.3 Å². The molecule has 170 valence electrons. The van der Waals surface area contributed by atoms with Crippen molar-refractivity contribution in [2.24, 2.45) is 0 Å². The van der Waals surface area contributed by atoms with E-state index in [9.17, 15) is 13.2 Å². The fourth-order valence-electron chi connectivity index (χ4n) is 3.17. The Labute approximate surface area is 185 Å². The van der Waals surface area contributed by atoms with E-state index in [1.54, 1.807) is 24.3 Å². The lowest BCUT2D eigenvalue weighted by molar-refractivity contribution is 0.0175. The SMILES string of the molecule is CC.CC(F)(F)c1ccc(-c2cnnc(Nc3cc(N4CCOCC4)ncc3F)c2)cc1. The van der Waals surface area contributed by atoms with Crippen LogP contribution in [0.25, 0.3) is 11.1 Å². The summed E-state index contributed by atoms with van der Waals surface area (Å²) < 4.78 is 46.5. The smallest absolute Gasteiger partial charge is 0.270 e. The Morgan fingerprint density at radius 1 is 1.00 bits per heavy atom. The van der Waals surface area contributed by atoms with Crippen molar-refractivity contribution in [3.05, 3.63) is 60.2 Å². The van der Waals surface area contributed by atoms with E-state index in [1.165, 1.54) is 18.3 Å². The maximum atomic E-state index is 14.3. The Hall–Kier alpha value is -3.20. The molecule has 1 fully saturated rings. The number of benzene rings is 1. The highest BCUT2D eigenvalue weighted by Crippen LogP contribution is 2.30. The van der Waals surface area contributed by atoms with E-state index < -0.39 is 11.7 Å². The van der Waals surface area contributed by atoms with Gasteiger partial charge < -0.3 is 15.0 Å². The monoisotopic (exact) mass is 445 g/mol. The van der Waals surface area contributed by atoms with E-state index in [0.29, 0.717) is 49.1 Å². The van der Waals surface area contributed by atoms with Crippen molar-refractivity contribution < 1.29 is 17.9 Å². The number of halogens is 3. The summed E-state index contributed by atoms with van der Waals surface area (Å²) in [6.45, 7) is 7.41. The van der Waals surface area contributed by atoms with Gasteiger partial charge in [-0.25, -0.2) is 18.2 Å². The third kappa shape index (κ3) is 5.73. The highest BCUT2D eigenvalue weighted by atomic mass is 19.3. The molecule has 0 unspecified atom stereocenters. The van der Waals surface area contributed by atoms with Gasteiger partial charge in [-0.15, -0.1) is 5.10 Å². The minimum atomic E-state index is -2.90. The summed E-state index contributed by atoms with van der Waals surface area (Å²) in [5, 5.41) is 10.9. The van der Waals surface area contributed by atoms with Crippen molar-refractivity contribution in [3.63, 3.8) is 0 Å². The zero-order chi connectivity index (χ0) is 23.1. The summed E-state index contributed by atoms with van der Waals surface area (Å²) in [5.41, 5.74) is 1.52. The maximum Gasteiger partial charge on any atom is 0.270 e. The summed E-state index contributed by atoms with van der Waals surface area (Å²) in [4.78, 5) is 6.17. The first-order valence-electron chi connectivity index (χ1n) is 10.5. The minimum absolute atomic E-state index is 0.0684. The molecule has 0 bridgehead atoms. The summed E-state index contributed by atoms with van der Waals surface area (Å²) in [6.07, 6.45) is 2.68. The number of aromatic nitrogens is 3. The molecule has 0 amide bonds. The van der Waals surface area contributed by atoms with Gasteiger partial charge in [0, 0.05) is 37.2 Å². The molecule has 1 aliphatic rings. The van der Waals surface area contributed by atoms with Crippen molar-refractivity contribution in [2.75, 3.05) is 36.5 Å². The van der Waals surface area contributed by atoms with Gasteiger partial charge >= 0.3 is 0 Å². The van der Waals surface area contributed by atoms with Crippen molar-refractivity contribution in [3.8, 4) is 11.1 Å². The second kappa shape index (κ2) is 10.4. The summed E-state index contributed by atoms with van der Waals surface area (Å²) in [5.74, 6) is -2.45. The number of nitrogens with zero attached hydrogens (tertiary/aromatic N) is 4. The molecule has 2 aromatic heterocycles. The van der Waals surface area contributed by atoms with Crippen molar-refractivity contribution >= 4 is 17.3 Å². The molecule has 1 aromatic carbocycles. The van der Waals surface area contributed by atoms with Gasteiger partial charge in [-0.1, -0.05) is 38.1 Å². The predicted octanol–water partition coefficient (Wildman–Crippen LogP) is 5.40. The Morgan fingerprint density at radius 2 is 1.69 bits per heavy atom. The lowest BCUT2D eigenvalue weighted by Gasteiger charge is -2.28. The molecule has 4 rings (SSSR count). The fraction of sp³-hybridized carbons (Fsp3) is 0.348. The molecule has 1 aliphatic heterocycles. The third-order valence-electron chi connectivity index (χ3n) is 4.82. The van der Waals surface area contributed by atoms with E-state index in [2.05, 4.69) is 20.5 Å². The minimum Gasteiger partial charge on any atom is -0.378 e. The third-order valence-corrected chi connectivity index (χ3v) is 4.82. The number of hydrogen-bond donors (Lipinski definition) is 1. The number of rotatable bonds is 5. The Bertz CT molecular complexity index is 1020. The van der Waals surface area contributed by atoms with Crippen molar-refractivity contribution in [2.45, 2.75) is 26.7 Å². The average molecular weight is 445 g/mol. The van der Waals surface area contributed by atoms with Crippen LogP contribution in [-0.4, -0.2) is 41.5 Å². The molecule has 1 N–H and O–H groups in total. The second-order valence-electron chi connectivity index (χ2n) is 7.04. The largest absolute Gasteiger partial charge is 0.378 e. The molecule has 0 spiro atoms. The lowest BCUT2D eigenvalue weighted by atomic mass is 10.0. The Balaban J connectivity index is 0.00000141. The van der Waals surface area contributed by atoms with Gasteiger partial charge in [-0.3, -0.25) is 0 Å². The average Bonchev–Trinajstić information content (AvgIpc) is 2.82. The number of alkyl halides is 2. The normalized spacial score (nSPS) is 13.9. The molecule has 6 nitrogen and oxygen atoms in total. The molecule has 0 atom stereocenters. The number of hydrogen-bond acceptors (Lipinski definition) is 6. The van der Waals surface area contributed by atoms with Gasteiger partial charge in [0.25, 0.3) is 5.92 Å². The second-order valence-corrected chi connectivity index (χ2v) is 7.04. The van der Waals surface area contributed by atoms with E-state index in [4.69, 9.17) is 4.74 Å². The molecule has 9 heteroatoms. The first-order chi connectivity index (χ1) is 15.4. The lowest BCUT2D eigenvalue weighted by Crippen LogP contribution is -2.36. The zero-order valence-corrected chi connectivity index (χ0v) is 18.3. The molecular formula is C23H26F3N5O. The van der Waals surface area contributed by atoms with Crippen molar-refractivity contribution in [1.82, 2.24) is 15.2 Å². The number of pyridine rings is 1.